The third kappa shape index (κ3) is 4.57. The van der Waals surface area contributed by atoms with Crippen molar-refractivity contribution in [2.45, 2.75) is 17.7 Å². The molecule has 4 rings (SSSR count). The zero-order valence-corrected chi connectivity index (χ0v) is 17.7. The topological polar surface area (TPSA) is 119 Å². The minimum atomic E-state index is -3.73. The third-order valence-corrected chi connectivity index (χ3v) is 7.06. The summed E-state index contributed by atoms with van der Waals surface area (Å²) in [6.45, 7) is 0.507. The molecule has 1 saturated heterocycles. The van der Waals surface area contributed by atoms with Crippen molar-refractivity contribution in [2.75, 3.05) is 25.5 Å². The fourth-order valence-corrected chi connectivity index (χ4v) is 5.04. The smallest absolute Gasteiger partial charge is 0.243 e. The van der Waals surface area contributed by atoms with E-state index in [0.29, 0.717) is 36.5 Å². The minimum absolute atomic E-state index is 0.132. The van der Waals surface area contributed by atoms with Crippen molar-refractivity contribution in [1.29, 1.82) is 0 Å². The van der Waals surface area contributed by atoms with Crippen LogP contribution in [0.25, 0.3) is 5.69 Å². The summed E-state index contributed by atoms with van der Waals surface area (Å²) >= 11 is 0. The molecule has 0 radical (unpaired) electrons. The normalized spacial score (nSPS) is 17.3. The average Bonchev–Trinajstić information content (AvgIpc) is 3.34. The van der Waals surface area contributed by atoms with Crippen molar-refractivity contribution >= 4 is 21.6 Å². The van der Waals surface area contributed by atoms with Gasteiger partial charge in [0.2, 0.25) is 15.9 Å². The highest BCUT2D eigenvalue weighted by molar-refractivity contribution is 7.89. The molecule has 1 aromatic heterocycles. The number of carbonyl (C=O) groups is 1. The summed E-state index contributed by atoms with van der Waals surface area (Å²) < 4.78 is 34.2. The number of piperidine rings is 1. The van der Waals surface area contributed by atoms with Crippen LogP contribution in [0.1, 0.15) is 12.8 Å². The Morgan fingerprint density at radius 1 is 1.19 bits per heavy atom. The lowest BCUT2D eigenvalue weighted by Crippen LogP contribution is -2.43. The van der Waals surface area contributed by atoms with E-state index in [4.69, 9.17) is 4.74 Å². The molecule has 2 aromatic carbocycles. The number of anilines is 1. The molecular formula is C20H22N6O4S. The zero-order valence-electron chi connectivity index (χ0n) is 16.9. The van der Waals surface area contributed by atoms with Crippen LogP contribution in [0.2, 0.25) is 0 Å². The number of nitrogens with zero attached hydrogens (tertiary/aromatic N) is 5. The quantitative estimate of drug-likeness (QED) is 0.617. The number of nitrogens with one attached hydrogen (secondary N) is 1. The molecule has 1 N–H and O–H groups in total. The summed E-state index contributed by atoms with van der Waals surface area (Å²) in [5, 5.41) is 13.8. The van der Waals surface area contributed by atoms with Crippen molar-refractivity contribution in [3.8, 4) is 11.4 Å². The van der Waals surface area contributed by atoms with Crippen LogP contribution >= 0.6 is 0 Å². The van der Waals surface area contributed by atoms with Gasteiger partial charge in [0, 0.05) is 24.8 Å². The molecule has 1 amide bonds. The Labute approximate surface area is 179 Å². The number of methoxy groups -OCH3 is 1. The minimum Gasteiger partial charge on any atom is -0.497 e. The van der Waals surface area contributed by atoms with Crippen LogP contribution in [0.5, 0.6) is 5.75 Å². The van der Waals surface area contributed by atoms with Crippen LogP contribution in [-0.2, 0) is 14.8 Å². The van der Waals surface area contributed by atoms with Gasteiger partial charge >= 0.3 is 0 Å². The Balaban J connectivity index is 1.46. The molecule has 3 aromatic rings. The first-order valence-electron chi connectivity index (χ1n) is 9.76. The summed E-state index contributed by atoms with van der Waals surface area (Å²) in [5.41, 5.74) is 1.26. The van der Waals surface area contributed by atoms with Gasteiger partial charge in [0.1, 0.15) is 12.1 Å². The first-order valence-corrected chi connectivity index (χ1v) is 11.2. The van der Waals surface area contributed by atoms with Gasteiger partial charge in [-0.05, 0) is 59.7 Å². The van der Waals surface area contributed by atoms with E-state index >= 15 is 0 Å². The molecule has 11 heteroatoms. The van der Waals surface area contributed by atoms with Gasteiger partial charge in [-0.1, -0.05) is 6.07 Å². The van der Waals surface area contributed by atoms with Crippen LogP contribution in [0.3, 0.4) is 0 Å². The van der Waals surface area contributed by atoms with Gasteiger partial charge in [0.15, 0.2) is 0 Å². The zero-order chi connectivity index (χ0) is 21.8. The molecule has 162 valence electrons. The Morgan fingerprint density at radius 2 is 2.00 bits per heavy atom. The summed E-state index contributed by atoms with van der Waals surface area (Å²) in [6.07, 6.45) is 2.66. The van der Waals surface area contributed by atoms with E-state index in [2.05, 4.69) is 20.8 Å². The van der Waals surface area contributed by atoms with Crippen LogP contribution < -0.4 is 10.1 Å². The number of benzene rings is 2. The highest BCUT2D eigenvalue weighted by Crippen LogP contribution is 2.26. The number of sulfonamides is 1. The van der Waals surface area contributed by atoms with Crippen molar-refractivity contribution < 1.29 is 17.9 Å². The number of ether oxygens (including phenoxy) is 1. The fraction of sp³-hybridized carbons (Fsp3) is 0.300. The molecule has 0 bridgehead atoms. The van der Waals surface area contributed by atoms with E-state index in [0.717, 1.165) is 0 Å². The fourth-order valence-electron chi connectivity index (χ4n) is 3.52. The second-order valence-electron chi connectivity index (χ2n) is 7.17. The predicted molar refractivity (Wildman–Crippen MR) is 112 cm³/mol. The van der Waals surface area contributed by atoms with Crippen molar-refractivity contribution in [3.05, 3.63) is 54.9 Å². The second-order valence-corrected chi connectivity index (χ2v) is 9.11. The van der Waals surface area contributed by atoms with E-state index < -0.39 is 15.9 Å². The largest absolute Gasteiger partial charge is 0.497 e. The first kappa shape index (κ1) is 20.9. The molecule has 2 heterocycles. The molecule has 0 saturated carbocycles. The monoisotopic (exact) mass is 442 g/mol. The molecule has 1 aliphatic rings. The number of hydrogen-bond acceptors (Lipinski definition) is 7. The van der Waals surface area contributed by atoms with Gasteiger partial charge in [-0.25, -0.2) is 13.1 Å². The lowest BCUT2D eigenvalue weighted by molar-refractivity contribution is -0.120. The van der Waals surface area contributed by atoms with Crippen LogP contribution in [0.4, 0.5) is 5.69 Å². The molecule has 0 unspecified atom stereocenters. The number of tetrazole rings is 1. The Bertz CT molecular complexity index is 1150. The number of aromatic nitrogens is 4. The molecule has 1 fully saturated rings. The number of rotatable bonds is 6. The molecule has 1 aliphatic heterocycles. The van der Waals surface area contributed by atoms with Crippen LogP contribution in [0.15, 0.2) is 59.8 Å². The van der Waals surface area contributed by atoms with Gasteiger partial charge in [-0.2, -0.15) is 4.31 Å². The van der Waals surface area contributed by atoms with Gasteiger partial charge in [-0.15, -0.1) is 5.10 Å². The summed E-state index contributed by atoms with van der Waals surface area (Å²) in [5.74, 6) is -0.00632. The maximum absolute atomic E-state index is 13.1. The van der Waals surface area contributed by atoms with Gasteiger partial charge in [0.05, 0.1) is 23.6 Å². The Hall–Kier alpha value is -3.31. The summed E-state index contributed by atoms with van der Waals surface area (Å²) in [6, 6.07) is 13.4. The van der Waals surface area contributed by atoms with E-state index in [1.807, 2.05) is 0 Å². The third-order valence-electron chi connectivity index (χ3n) is 5.18. The van der Waals surface area contributed by atoms with Crippen LogP contribution in [-0.4, -0.2) is 59.0 Å². The van der Waals surface area contributed by atoms with Crippen molar-refractivity contribution in [1.82, 2.24) is 24.5 Å². The molecular weight excluding hydrogens is 420 g/mol. The van der Waals surface area contributed by atoms with Gasteiger partial charge in [0.25, 0.3) is 0 Å². The second kappa shape index (κ2) is 8.82. The Morgan fingerprint density at radius 3 is 2.71 bits per heavy atom. The SMILES string of the molecule is COc1cccc(NC(=O)[C@@H]2CCCN(S(=O)(=O)c3ccc(-n4cnnn4)cc3)C2)c1. The van der Waals surface area contributed by atoms with E-state index in [1.54, 1.807) is 43.5 Å². The van der Waals surface area contributed by atoms with Crippen LogP contribution in [0, 0.1) is 5.92 Å². The van der Waals surface area contributed by atoms with E-state index in [9.17, 15) is 13.2 Å². The number of carbonyl (C=O) groups excluding carboxylic acids is 1. The highest BCUT2D eigenvalue weighted by atomic mass is 32.2. The predicted octanol–water partition coefficient (Wildman–Crippen LogP) is 1.71. The van der Waals surface area contributed by atoms with Crippen molar-refractivity contribution in [3.63, 3.8) is 0 Å². The average molecular weight is 443 g/mol. The molecule has 0 spiro atoms. The number of amides is 1. The Kier molecular flexibility index (Phi) is 5.96. The van der Waals surface area contributed by atoms with E-state index in [-0.39, 0.29) is 17.3 Å². The standard InChI is InChI=1S/C20H22N6O4S/c1-30-18-6-2-5-16(12-18)22-20(27)15-4-3-11-25(13-15)31(28,29)19-9-7-17(8-10-19)26-14-21-23-24-26/h2,5-10,12,14-15H,3-4,11,13H2,1H3,(H,22,27)/t15-/m1/s1. The summed E-state index contributed by atoms with van der Waals surface area (Å²) in [4.78, 5) is 12.9. The maximum Gasteiger partial charge on any atom is 0.243 e. The highest BCUT2D eigenvalue weighted by Gasteiger charge is 2.33. The lowest BCUT2D eigenvalue weighted by Gasteiger charge is -2.31. The first-order chi connectivity index (χ1) is 15.0. The van der Waals surface area contributed by atoms with Gasteiger partial charge < -0.3 is 10.1 Å². The maximum atomic E-state index is 13.1. The molecule has 10 nitrogen and oxygen atoms in total. The van der Waals surface area contributed by atoms with E-state index in [1.165, 1.54) is 27.4 Å². The number of hydrogen-bond donors (Lipinski definition) is 1. The van der Waals surface area contributed by atoms with Crippen molar-refractivity contribution in [2.24, 2.45) is 5.92 Å². The molecule has 0 aliphatic carbocycles. The molecule has 1 atom stereocenters. The molecule has 31 heavy (non-hydrogen) atoms. The lowest BCUT2D eigenvalue weighted by atomic mass is 9.98. The summed E-state index contributed by atoms with van der Waals surface area (Å²) in [7, 11) is -2.17. The van der Waals surface area contributed by atoms with Gasteiger partial charge in [-0.3, -0.25) is 4.79 Å².